The minimum Gasteiger partial charge on any atom is -0.496 e. The summed E-state index contributed by atoms with van der Waals surface area (Å²) in [5.41, 5.74) is 8.07. The van der Waals surface area contributed by atoms with Gasteiger partial charge in [0.25, 0.3) is 0 Å². The Balaban J connectivity index is 2.21. The number of methoxy groups -OCH3 is 1. The number of ether oxygens (including phenoxy) is 1. The Labute approximate surface area is 129 Å². The molecule has 0 atom stereocenters. The van der Waals surface area contributed by atoms with E-state index in [9.17, 15) is 0 Å². The third-order valence-electron chi connectivity index (χ3n) is 3.05. The van der Waals surface area contributed by atoms with Crippen LogP contribution in [0, 0.1) is 0 Å². The highest BCUT2D eigenvalue weighted by Gasteiger charge is 2.21. The molecular formula is C15H12BrN3O2. The number of nitrogen functional groups attached to an aromatic ring is 1. The second-order valence-electron chi connectivity index (χ2n) is 4.33. The second kappa shape index (κ2) is 5.57. The fourth-order valence-electron chi connectivity index (χ4n) is 2.10. The maximum Gasteiger partial charge on any atom is 0.182 e. The lowest BCUT2D eigenvalue weighted by atomic mass is 10.0. The number of aromatic nitrogens is 2. The average Bonchev–Trinajstić information content (AvgIpc) is 2.89. The number of nitrogens with two attached hydrogens (primary N) is 1. The van der Waals surface area contributed by atoms with Gasteiger partial charge in [0, 0.05) is 10.7 Å². The van der Waals surface area contributed by atoms with E-state index >= 15 is 0 Å². The summed E-state index contributed by atoms with van der Waals surface area (Å²) >= 11 is 3.42. The first-order valence-corrected chi connectivity index (χ1v) is 7.00. The normalized spacial score (nSPS) is 10.6. The molecule has 0 aliphatic carbocycles. The molecule has 0 unspecified atom stereocenters. The number of rotatable bonds is 3. The van der Waals surface area contributed by atoms with Crippen LogP contribution in [0.1, 0.15) is 0 Å². The standard InChI is InChI=1S/C15H12BrN3O2/c1-20-12-8-9(16)5-6-10(12)14-13(15(17)19-21-14)11-4-2-3-7-18-11/h2-8H,1H3,(H2,17,19). The molecular weight excluding hydrogens is 334 g/mol. The van der Waals surface area contributed by atoms with Gasteiger partial charge in [0.2, 0.25) is 0 Å². The van der Waals surface area contributed by atoms with Gasteiger partial charge in [-0.1, -0.05) is 27.2 Å². The van der Waals surface area contributed by atoms with Crippen molar-refractivity contribution < 1.29 is 9.26 Å². The quantitative estimate of drug-likeness (QED) is 0.782. The van der Waals surface area contributed by atoms with E-state index in [0.29, 0.717) is 28.6 Å². The van der Waals surface area contributed by atoms with Crippen LogP contribution >= 0.6 is 15.9 Å². The molecule has 2 N–H and O–H groups in total. The topological polar surface area (TPSA) is 74.2 Å². The van der Waals surface area contributed by atoms with Gasteiger partial charge < -0.3 is 15.0 Å². The number of nitrogens with zero attached hydrogens (tertiary/aromatic N) is 2. The van der Waals surface area contributed by atoms with Crippen molar-refractivity contribution in [2.75, 3.05) is 12.8 Å². The predicted molar refractivity (Wildman–Crippen MR) is 83.8 cm³/mol. The van der Waals surface area contributed by atoms with Gasteiger partial charge in [0.15, 0.2) is 11.6 Å². The van der Waals surface area contributed by atoms with Crippen LogP contribution in [0.4, 0.5) is 5.82 Å². The lowest BCUT2D eigenvalue weighted by molar-refractivity contribution is 0.407. The lowest BCUT2D eigenvalue weighted by Gasteiger charge is -2.08. The fraction of sp³-hybridized carbons (Fsp3) is 0.0667. The van der Waals surface area contributed by atoms with Crippen LogP contribution in [0.25, 0.3) is 22.6 Å². The van der Waals surface area contributed by atoms with Crippen molar-refractivity contribution in [2.45, 2.75) is 0 Å². The molecule has 3 rings (SSSR count). The number of hydrogen-bond acceptors (Lipinski definition) is 5. The molecule has 2 heterocycles. The number of hydrogen-bond donors (Lipinski definition) is 1. The highest BCUT2D eigenvalue weighted by molar-refractivity contribution is 9.10. The Morgan fingerprint density at radius 3 is 2.81 bits per heavy atom. The smallest absolute Gasteiger partial charge is 0.182 e. The summed E-state index contributed by atoms with van der Waals surface area (Å²) in [5.74, 6) is 1.50. The molecule has 5 nitrogen and oxygen atoms in total. The molecule has 0 aliphatic heterocycles. The van der Waals surface area contributed by atoms with Crippen LogP contribution in [0.5, 0.6) is 5.75 Å². The predicted octanol–water partition coefficient (Wildman–Crippen LogP) is 3.76. The second-order valence-corrected chi connectivity index (χ2v) is 5.25. The maximum atomic E-state index is 5.94. The van der Waals surface area contributed by atoms with Gasteiger partial charge in [-0.2, -0.15) is 0 Å². The van der Waals surface area contributed by atoms with Crippen LogP contribution in [0.2, 0.25) is 0 Å². The molecule has 2 aromatic heterocycles. The number of anilines is 1. The van der Waals surface area contributed by atoms with Crippen LogP contribution in [-0.2, 0) is 0 Å². The van der Waals surface area contributed by atoms with Crippen molar-refractivity contribution in [1.29, 1.82) is 0 Å². The van der Waals surface area contributed by atoms with E-state index in [2.05, 4.69) is 26.1 Å². The summed E-state index contributed by atoms with van der Waals surface area (Å²) in [6, 6.07) is 11.2. The SMILES string of the molecule is COc1cc(Br)ccc1-c1onc(N)c1-c1ccccn1. The van der Waals surface area contributed by atoms with E-state index in [1.807, 2.05) is 36.4 Å². The molecule has 0 bridgehead atoms. The third-order valence-corrected chi connectivity index (χ3v) is 3.54. The summed E-state index contributed by atoms with van der Waals surface area (Å²) in [6.07, 6.45) is 1.70. The van der Waals surface area contributed by atoms with Crippen molar-refractivity contribution in [1.82, 2.24) is 10.1 Å². The van der Waals surface area contributed by atoms with Crippen LogP contribution in [0.15, 0.2) is 51.6 Å². The van der Waals surface area contributed by atoms with Crippen LogP contribution in [-0.4, -0.2) is 17.3 Å². The molecule has 6 heteroatoms. The van der Waals surface area contributed by atoms with E-state index in [-0.39, 0.29) is 0 Å². The van der Waals surface area contributed by atoms with Crippen LogP contribution in [0.3, 0.4) is 0 Å². The molecule has 106 valence electrons. The number of halogens is 1. The van der Waals surface area contributed by atoms with Gasteiger partial charge >= 0.3 is 0 Å². The molecule has 0 saturated heterocycles. The lowest BCUT2D eigenvalue weighted by Crippen LogP contribution is -1.92. The average molecular weight is 346 g/mol. The van der Waals surface area contributed by atoms with Gasteiger partial charge in [0.1, 0.15) is 5.75 Å². The Kier molecular flexibility index (Phi) is 3.62. The zero-order valence-electron chi connectivity index (χ0n) is 11.2. The molecule has 0 aliphatic rings. The van der Waals surface area contributed by atoms with Crippen LogP contribution < -0.4 is 10.5 Å². The van der Waals surface area contributed by atoms with Crippen molar-refractivity contribution in [3.63, 3.8) is 0 Å². The Hall–Kier alpha value is -2.34. The molecule has 0 spiro atoms. The van der Waals surface area contributed by atoms with Gasteiger partial charge in [0.05, 0.1) is 23.9 Å². The monoisotopic (exact) mass is 345 g/mol. The fourth-order valence-corrected chi connectivity index (χ4v) is 2.44. The molecule has 1 aromatic carbocycles. The summed E-state index contributed by atoms with van der Waals surface area (Å²) in [4.78, 5) is 4.31. The van der Waals surface area contributed by atoms with Crippen molar-refractivity contribution in [3.05, 3.63) is 47.1 Å². The Morgan fingerprint density at radius 1 is 1.24 bits per heavy atom. The third kappa shape index (κ3) is 2.50. The molecule has 21 heavy (non-hydrogen) atoms. The number of pyridine rings is 1. The first-order valence-electron chi connectivity index (χ1n) is 6.21. The zero-order chi connectivity index (χ0) is 14.8. The highest BCUT2D eigenvalue weighted by atomic mass is 79.9. The Bertz CT molecular complexity index is 772. The zero-order valence-corrected chi connectivity index (χ0v) is 12.8. The minimum absolute atomic E-state index is 0.300. The summed E-state index contributed by atoms with van der Waals surface area (Å²) in [5, 5.41) is 3.86. The molecule has 3 aromatic rings. The largest absolute Gasteiger partial charge is 0.496 e. The summed E-state index contributed by atoms with van der Waals surface area (Å²) in [7, 11) is 1.60. The van der Waals surface area contributed by atoms with E-state index in [4.69, 9.17) is 15.0 Å². The maximum absolute atomic E-state index is 5.94. The first-order chi connectivity index (χ1) is 10.2. The van der Waals surface area contributed by atoms with Gasteiger partial charge in [-0.15, -0.1) is 0 Å². The molecule has 0 saturated carbocycles. The van der Waals surface area contributed by atoms with E-state index in [0.717, 1.165) is 10.0 Å². The minimum atomic E-state index is 0.300. The van der Waals surface area contributed by atoms with Gasteiger partial charge in [-0.3, -0.25) is 4.98 Å². The van der Waals surface area contributed by atoms with Gasteiger partial charge in [-0.05, 0) is 30.3 Å². The van der Waals surface area contributed by atoms with E-state index < -0.39 is 0 Å². The summed E-state index contributed by atoms with van der Waals surface area (Å²) < 4.78 is 11.7. The van der Waals surface area contributed by atoms with Crippen molar-refractivity contribution >= 4 is 21.7 Å². The first kappa shape index (κ1) is 13.6. The Morgan fingerprint density at radius 2 is 2.10 bits per heavy atom. The summed E-state index contributed by atoms with van der Waals surface area (Å²) in [6.45, 7) is 0. The molecule has 0 fully saturated rings. The molecule has 0 radical (unpaired) electrons. The molecule has 0 amide bonds. The van der Waals surface area contributed by atoms with E-state index in [1.165, 1.54) is 0 Å². The van der Waals surface area contributed by atoms with Crippen molar-refractivity contribution in [3.8, 4) is 28.3 Å². The van der Waals surface area contributed by atoms with E-state index in [1.54, 1.807) is 13.3 Å². The van der Waals surface area contributed by atoms with Crippen molar-refractivity contribution in [2.24, 2.45) is 0 Å². The highest BCUT2D eigenvalue weighted by Crippen LogP contribution is 2.40. The number of benzene rings is 1. The van der Waals surface area contributed by atoms with Gasteiger partial charge in [-0.25, -0.2) is 0 Å².